The molecule has 0 aliphatic carbocycles. The lowest BCUT2D eigenvalue weighted by atomic mass is 10.0. The van der Waals surface area contributed by atoms with Crippen molar-refractivity contribution in [3.05, 3.63) is 39.4 Å². The van der Waals surface area contributed by atoms with Crippen LogP contribution in [-0.4, -0.2) is 44.8 Å². The van der Waals surface area contributed by atoms with Gasteiger partial charge in [0.1, 0.15) is 6.04 Å². The second kappa shape index (κ2) is 4.88. The summed E-state index contributed by atoms with van der Waals surface area (Å²) in [5.41, 5.74) is 0.181. The Bertz CT molecular complexity index is 716. The van der Waals surface area contributed by atoms with E-state index in [4.69, 9.17) is 0 Å². The summed E-state index contributed by atoms with van der Waals surface area (Å²) in [5.74, 6) is -1.80. The van der Waals surface area contributed by atoms with Crippen molar-refractivity contribution in [2.75, 3.05) is 0 Å². The molecule has 2 aliphatic heterocycles. The fourth-order valence-electron chi connectivity index (χ4n) is 2.72. The predicted octanol–water partition coefficient (Wildman–Crippen LogP) is -0.673. The molecule has 114 valence electrons. The number of piperidine rings is 1. The molecule has 1 fully saturated rings. The van der Waals surface area contributed by atoms with E-state index in [2.05, 4.69) is 5.32 Å². The van der Waals surface area contributed by atoms with Crippen molar-refractivity contribution in [2.45, 2.75) is 25.2 Å². The first kappa shape index (κ1) is 14.1. The molecule has 2 aliphatic rings. The molecule has 1 aromatic rings. The van der Waals surface area contributed by atoms with E-state index >= 15 is 0 Å². The summed E-state index contributed by atoms with van der Waals surface area (Å²) in [6.45, 7) is -0.118. The van der Waals surface area contributed by atoms with Gasteiger partial charge in [-0.3, -0.25) is 24.5 Å². The average Bonchev–Trinajstić information content (AvgIpc) is 2.80. The summed E-state index contributed by atoms with van der Waals surface area (Å²) in [6.07, 6.45) is -1.89. The maximum absolute atomic E-state index is 12.4. The Balaban J connectivity index is 1.94. The fraction of sp³-hybridized carbons (Fsp3) is 0.308. The minimum Gasteiger partial charge on any atom is -0.367 e. The smallest absolute Gasteiger partial charge is 0.275 e. The van der Waals surface area contributed by atoms with Crippen molar-refractivity contribution in [2.24, 2.45) is 0 Å². The van der Waals surface area contributed by atoms with E-state index in [1.165, 1.54) is 18.2 Å². The summed E-state index contributed by atoms with van der Waals surface area (Å²) in [6, 6.07) is 3.05. The van der Waals surface area contributed by atoms with E-state index < -0.39 is 34.8 Å². The SMILES string of the molecule is O=C1CC(N2Cc3c(cccc3[N+](=O)[O-])C2=O)C(=O)NC1O. The number of amides is 2. The first-order chi connectivity index (χ1) is 10.4. The molecule has 2 unspecified atom stereocenters. The van der Waals surface area contributed by atoms with Crippen LogP contribution in [0.2, 0.25) is 0 Å². The van der Waals surface area contributed by atoms with E-state index in [1.54, 1.807) is 0 Å². The fourth-order valence-corrected chi connectivity index (χ4v) is 2.72. The van der Waals surface area contributed by atoms with Crippen molar-refractivity contribution >= 4 is 23.3 Å². The number of ketones is 1. The van der Waals surface area contributed by atoms with Crippen molar-refractivity contribution in [3.63, 3.8) is 0 Å². The van der Waals surface area contributed by atoms with Gasteiger partial charge in [0.05, 0.1) is 22.6 Å². The molecule has 9 heteroatoms. The number of nitrogens with one attached hydrogen (secondary N) is 1. The molecular formula is C13H11N3O6. The molecule has 0 bridgehead atoms. The summed E-state index contributed by atoms with van der Waals surface area (Å²) in [5, 5.41) is 22.4. The number of nitro groups is 1. The number of aliphatic hydroxyl groups excluding tert-OH is 1. The zero-order valence-electron chi connectivity index (χ0n) is 11.2. The van der Waals surface area contributed by atoms with Gasteiger partial charge in [0, 0.05) is 12.5 Å². The van der Waals surface area contributed by atoms with Crippen LogP contribution in [0.25, 0.3) is 0 Å². The van der Waals surface area contributed by atoms with Gasteiger partial charge in [0.15, 0.2) is 12.0 Å². The van der Waals surface area contributed by atoms with Gasteiger partial charge in [-0.15, -0.1) is 0 Å². The quantitative estimate of drug-likeness (QED) is 0.550. The van der Waals surface area contributed by atoms with Crippen LogP contribution in [0.3, 0.4) is 0 Å². The van der Waals surface area contributed by atoms with Gasteiger partial charge in [-0.05, 0) is 6.07 Å². The number of carbonyl (C=O) groups excluding carboxylic acids is 3. The Morgan fingerprint density at radius 1 is 1.32 bits per heavy atom. The van der Waals surface area contributed by atoms with Crippen LogP contribution < -0.4 is 5.32 Å². The number of hydrogen-bond acceptors (Lipinski definition) is 6. The topological polar surface area (TPSA) is 130 Å². The average molecular weight is 305 g/mol. The monoisotopic (exact) mass is 305 g/mol. The van der Waals surface area contributed by atoms with E-state index in [1.807, 2.05) is 0 Å². The number of rotatable bonds is 2. The van der Waals surface area contributed by atoms with Crippen LogP contribution in [0.1, 0.15) is 22.3 Å². The van der Waals surface area contributed by atoms with Crippen LogP contribution in [0, 0.1) is 10.1 Å². The third-order valence-electron chi connectivity index (χ3n) is 3.83. The molecule has 1 aromatic carbocycles. The zero-order chi connectivity index (χ0) is 16.0. The molecule has 3 rings (SSSR count). The van der Waals surface area contributed by atoms with E-state index in [-0.39, 0.29) is 29.8 Å². The molecule has 2 atom stereocenters. The summed E-state index contributed by atoms with van der Waals surface area (Å²) in [4.78, 5) is 47.4. The van der Waals surface area contributed by atoms with Gasteiger partial charge in [0.25, 0.3) is 11.6 Å². The summed E-state index contributed by atoms with van der Waals surface area (Å²) in [7, 11) is 0. The normalized spacial score (nSPS) is 24.2. The van der Waals surface area contributed by atoms with E-state index in [0.29, 0.717) is 0 Å². The highest BCUT2D eigenvalue weighted by molar-refractivity contribution is 6.05. The number of carbonyl (C=O) groups is 3. The van der Waals surface area contributed by atoms with Crippen LogP contribution in [0.5, 0.6) is 0 Å². The molecule has 22 heavy (non-hydrogen) atoms. The van der Waals surface area contributed by atoms with Crippen LogP contribution in [0.15, 0.2) is 18.2 Å². The van der Waals surface area contributed by atoms with Crippen LogP contribution in [0.4, 0.5) is 5.69 Å². The van der Waals surface area contributed by atoms with E-state index in [9.17, 15) is 29.6 Å². The highest BCUT2D eigenvalue weighted by Gasteiger charge is 2.43. The van der Waals surface area contributed by atoms with Gasteiger partial charge in [-0.25, -0.2) is 0 Å². The molecule has 0 spiro atoms. The second-order valence-electron chi connectivity index (χ2n) is 5.09. The standard InChI is InChI=1S/C13H11N3O6/c17-10-4-9(11(18)14-12(10)19)15-5-7-6(13(15)20)2-1-3-8(7)16(21)22/h1-3,9,12,19H,4-5H2,(H,14,18). The number of nitro benzene ring substituents is 1. The number of benzene rings is 1. The van der Waals surface area contributed by atoms with E-state index in [0.717, 1.165) is 4.90 Å². The van der Waals surface area contributed by atoms with Crippen molar-refractivity contribution < 1.29 is 24.4 Å². The number of Topliss-reactive ketones (excluding diaryl/α,β-unsaturated/α-hetero) is 1. The lowest BCUT2D eigenvalue weighted by molar-refractivity contribution is -0.385. The van der Waals surface area contributed by atoms with Crippen molar-refractivity contribution in [1.29, 1.82) is 0 Å². The minimum absolute atomic E-state index is 0.118. The number of hydrogen-bond donors (Lipinski definition) is 2. The third-order valence-corrected chi connectivity index (χ3v) is 3.83. The van der Waals surface area contributed by atoms with Gasteiger partial charge in [-0.1, -0.05) is 6.07 Å². The van der Waals surface area contributed by atoms with Gasteiger partial charge in [0.2, 0.25) is 5.91 Å². The first-order valence-electron chi connectivity index (χ1n) is 6.48. The summed E-state index contributed by atoms with van der Waals surface area (Å²) >= 11 is 0. The minimum atomic E-state index is -1.57. The molecule has 0 radical (unpaired) electrons. The lowest BCUT2D eigenvalue weighted by Crippen LogP contribution is -2.58. The predicted molar refractivity (Wildman–Crippen MR) is 70.5 cm³/mol. The highest BCUT2D eigenvalue weighted by atomic mass is 16.6. The van der Waals surface area contributed by atoms with Crippen LogP contribution in [-0.2, 0) is 16.1 Å². The zero-order valence-corrected chi connectivity index (χ0v) is 11.2. The van der Waals surface area contributed by atoms with Gasteiger partial charge in [-0.2, -0.15) is 0 Å². The Kier molecular flexibility index (Phi) is 3.14. The molecular weight excluding hydrogens is 294 g/mol. The second-order valence-corrected chi connectivity index (χ2v) is 5.09. The number of fused-ring (bicyclic) bond motifs is 1. The van der Waals surface area contributed by atoms with Gasteiger partial charge >= 0.3 is 0 Å². The van der Waals surface area contributed by atoms with Crippen molar-refractivity contribution in [1.82, 2.24) is 10.2 Å². The molecule has 1 saturated heterocycles. The summed E-state index contributed by atoms with van der Waals surface area (Å²) < 4.78 is 0. The molecule has 0 saturated carbocycles. The first-order valence-corrected chi connectivity index (χ1v) is 6.48. The number of nitrogens with zero attached hydrogens (tertiary/aromatic N) is 2. The highest BCUT2D eigenvalue weighted by Crippen LogP contribution is 2.32. The van der Waals surface area contributed by atoms with Crippen molar-refractivity contribution in [3.8, 4) is 0 Å². The number of aliphatic hydroxyl groups is 1. The third kappa shape index (κ3) is 2.02. The Morgan fingerprint density at radius 3 is 2.73 bits per heavy atom. The molecule has 9 nitrogen and oxygen atoms in total. The maximum Gasteiger partial charge on any atom is 0.275 e. The molecule has 2 amide bonds. The van der Waals surface area contributed by atoms with Crippen LogP contribution >= 0.6 is 0 Å². The Morgan fingerprint density at radius 2 is 2.05 bits per heavy atom. The molecule has 0 aromatic heterocycles. The largest absolute Gasteiger partial charge is 0.367 e. The molecule has 2 N–H and O–H groups in total. The lowest BCUT2D eigenvalue weighted by Gasteiger charge is -2.31. The maximum atomic E-state index is 12.4. The molecule has 2 heterocycles. The Labute approximate surface area is 123 Å². The van der Waals surface area contributed by atoms with Gasteiger partial charge < -0.3 is 15.3 Å². The Hall–Kier alpha value is -2.81.